The predicted octanol–water partition coefficient (Wildman–Crippen LogP) is 9.85. The summed E-state index contributed by atoms with van der Waals surface area (Å²) >= 11 is 0. The number of rotatable bonds is 7. The molecule has 4 aromatic rings. The minimum Gasteiger partial charge on any atom is -0.0917 e. The zero-order valence-corrected chi connectivity index (χ0v) is 20.8. The quantitative estimate of drug-likeness (QED) is 0.250. The van der Waals surface area contributed by atoms with Crippen molar-refractivity contribution < 1.29 is 0 Å². The maximum Gasteiger partial charge on any atom is -0.0102 e. The fourth-order valence-corrected chi connectivity index (χ4v) is 4.42. The van der Waals surface area contributed by atoms with Gasteiger partial charge in [0, 0.05) is 0 Å². The molecule has 0 radical (unpaired) electrons. The topological polar surface area (TPSA) is 0 Å². The van der Waals surface area contributed by atoms with Crippen LogP contribution in [-0.2, 0) is 6.42 Å². The second-order valence-electron chi connectivity index (χ2n) is 9.01. The van der Waals surface area contributed by atoms with E-state index in [4.69, 9.17) is 0 Å². The highest BCUT2D eigenvalue weighted by Gasteiger charge is 2.12. The molecule has 0 amide bonds. The molecule has 0 spiro atoms. The van der Waals surface area contributed by atoms with Crippen molar-refractivity contribution in [2.75, 3.05) is 0 Å². The number of hydrogen-bond donors (Lipinski definition) is 0. The Labute approximate surface area is 205 Å². The van der Waals surface area contributed by atoms with E-state index in [1.807, 2.05) is 0 Å². The molecule has 170 valence electrons. The van der Waals surface area contributed by atoms with Gasteiger partial charge < -0.3 is 0 Å². The predicted molar refractivity (Wildman–Crippen MR) is 150 cm³/mol. The van der Waals surface area contributed by atoms with Crippen LogP contribution in [-0.4, -0.2) is 0 Å². The van der Waals surface area contributed by atoms with Gasteiger partial charge in [-0.3, -0.25) is 0 Å². The molecular weight excluding hydrogens is 408 g/mol. The van der Waals surface area contributed by atoms with E-state index in [0.29, 0.717) is 0 Å². The lowest BCUT2D eigenvalue weighted by Crippen LogP contribution is -1.94. The van der Waals surface area contributed by atoms with Crippen molar-refractivity contribution >= 4 is 6.08 Å². The Hall–Kier alpha value is -3.64. The van der Waals surface area contributed by atoms with Gasteiger partial charge in [-0.05, 0) is 97.2 Å². The van der Waals surface area contributed by atoms with Crippen molar-refractivity contribution in [3.8, 4) is 33.4 Å². The molecule has 0 heteroatoms. The first-order chi connectivity index (χ1) is 16.6. The molecule has 0 atom stereocenters. The van der Waals surface area contributed by atoms with Crippen LogP contribution >= 0.6 is 0 Å². The van der Waals surface area contributed by atoms with E-state index >= 15 is 0 Å². The highest BCUT2D eigenvalue weighted by molar-refractivity contribution is 5.84. The molecule has 0 aliphatic rings. The molecule has 0 aliphatic carbocycles. The third-order valence-corrected chi connectivity index (χ3v) is 6.39. The third kappa shape index (κ3) is 5.46. The van der Waals surface area contributed by atoms with Gasteiger partial charge in [-0.2, -0.15) is 0 Å². The van der Waals surface area contributed by atoms with Crippen molar-refractivity contribution in [3.05, 3.63) is 125 Å². The van der Waals surface area contributed by atoms with Crippen molar-refractivity contribution in [2.45, 2.75) is 40.5 Å². The molecule has 0 heterocycles. The zero-order chi connectivity index (χ0) is 23.9. The highest BCUT2D eigenvalue weighted by Crippen LogP contribution is 2.36. The average Bonchev–Trinajstić information content (AvgIpc) is 2.86. The van der Waals surface area contributed by atoms with E-state index < -0.39 is 0 Å². The summed E-state index contributed by atoms with van der Waals surface area (Å²) < 4.78 is 0. The second kappa shape index (κ2) is 11.0. The van der Waals surface area contributed by atoms with Crippen LogP contribution in [0.3, 0.4) is 0 Å². The standard InChI is InChI=1S/C34H34/c1-5-7-8-10-30-20-22-32(28-17-13-26(4)14-18-28)24-34(30)33-23-31(21-19-29(33)9-6-2)27-15-11-25(3)12-16-27/h5-7,9,11-24H,8,10H2,1-4H3. The molecule has 0 nitrogen and oxygen atoms in total. The molecule has 0 saturated heterocycles. The van der Waals surface area contributed by atoms with E-state index in [9.17, 15) is 0 Å². The number of hydrogen-bond acceptors (Lipinski definition) is 0. The normalized spacial score (nSPS) is 11.5. The van der Waals surface area contributed by atoms with E-state index in [1.165, 1.54) is 55.6 Å². The Kier molecular flexibility index (Phi) is 7.60. The van der Waals surface area contributed by atoms with E-state index in [-0.39, 0.29) is 0 Å². The lowest BCUT2D eigenvalue weighted by Gasteiger charge is -2.16. The lowest BCUT2D eigenvalue weighted by atomic mass is 9.88. The van der Waals surface area contributed by atoms with Crippen LogP contribution in [0.4, 0.5) is 0 Å². The van der Waals surface area contributed by atoms with Crippen molar-refractivity contribution in [1.29, 1.82) is 0 Å². The Balaban J connectivity index is 1.89. The van der Waals surface area contributed by atoms with Crippen LogP contribution in [0.25, 0.3) is 39.5 Å². The van der Waals surface area contributed by atoms with Gasteiger partial charge in [0.2, 0.25) is 0 Å². The van der Waals surface area contributed by atoms with Gasteiger partial charge in [-0.25, -0.2) is 0 Å². The summed E-state index contributed by atoms with van der Waals surface area (Å²) in [5.41, 5.74) is 12.9. The summed E-state index contributed by atoms with van der Waals surface area (Å²) in [6, 6.07) is 31.5. The van der Waals surface area contributed by atoms with Gasteiger partial charge in [-0.1, -0.05) is 108 Å². The fourth-order valence-electron chi connectivity index (χ4n) is 4.42. The van der Waals surface area contributed by atoms with Crippen molar-refractivity contribution in [3.63, 3.8) is 0 Å². The number of benzene rings is 4. The molecule has 0 fully saturated rings. The van der Waals surface area contributed by atoms with Gasteiger partial charge in [-0.15, -0.1) is 0 Å². The molecule has 0 aliphatic heterocycles. The van der Waals surface area contributed by atoms with Gasteiger partial charge in [0.05, 0.1) is 0 Å². The highest BCUT2D eigenvalue weighted by atomic mass is 14.2. The fraction of sp³-hybridized carbons (Fsp3) is 0.176. The minimum atomic E-state index is 1.03. The SMILES string of the molecule is CC=CCCc1ccc(-c2ccc(C)cc2)cc1-c1cc(-c2ccc(C)cc2)ccc1C=CC. The number of aryl methyl sites for hydroxylation is 3. The Morgan fingerprint density at radius 3 is 1.65 bits per heavy atom. The molecule has 4 aromatic carbocycles. The molecule has 0 unspecified atom stereocenters. The van der Waals surface area contributed by atoms with Crippen LogP contribution in [0.15, 0.2) is 103 Å². The number of allylic oxidation sites excluding steroid dienone is 3. The Morgan fingerprint density at radius 2 is 1.09 bits per heavy atom. The van der Waals surface area contributed by atoms with E-state index in [0.717, 1.165) is 12.8 Å². The molecule has 34 heavy (non-hydrogen) atoms. The summed E-state index contributed by atoms with van der Waals surface area (Å²) in [7, 11) is 0. The zero-order valence-electron chi connectivity index (χ0n) is 20.8. The van der Waals surface area contributed by atoms with Crippen LogP contribution in [0, 0.1) is 13.8 Å². The van der Waals surface area contributed by atoms with Crippen LogP contribution in [0.2, 0.25) is 0 Å². The van der Waals surface area contributed by atoms with Gasteiger partial charge in [0.15, 0.2) is 0 Å². The first kappa shape index (κ1) is 23.5. The van der Waals surface area contributed by atoms with Crippen LogP contribution in [0.5, 0.6) is 0 Å². The van der Waals surface area contributed by atoms with Crippen molar-refractivity contribution in [2.24, 2.45) is 0 Å². The molecule has 0 N–H and O–H groups in total. The Bertz CT molecular complexity index is 1300. The molecule has 0 aromatic heterocycles. The summed E-state index contributed by atoms with van der Waals surface area (Å²) in [5.74, 6) is 0. The second-order valence-corrected chi connectivity index (χ2v) is 9.01. The van der Waals surface area contributed by atoms with Crippen LogP contribution < -0.4 is 0 Å². The van der Waals surface area contributed by atoms with Gasteiger partial charge in [0.25, 0.3) is 0 Å². The first-order valence-electron chi connectivity index (χ1n) is 12.2. The summed E-state index contributed by atoms with van der Waals surface area (Å²) in [4.78, 5) is 0. The summed E-state index contributed by atoms with van der Waals surface area (Å²) in [6.07, 6.45) is 10.8. The molecule has 0 saturated carbocycles. The molecular formula is C34H34. The minimum absolute atomic E-state index is 1.03. The van der Waals surface area contributed by atoms with E-state index in [1.54, 1.807) is 0 Å². The molecule has 4 rings (SSSR count). The monoisotopic (exact) mass is 442 g/mol. The largest absolute Gasteiger partial charge is 0.0917 e. The summed E-state index contributed by atoms with van der Waals surface area (Å²) in [6.45, 7) is 8.46. The maximum atomic E-state index is 2.39. The van der Waals surface area contributed by atoms with E-state index in [2.05, 4.69) is 137 Å². The average molecular weight is 443 g/mol. The van der Waals surface area contributed by atoms with Crippen LogP contribution in [0.1, 0.15) is 42.5 Å². The smallest absolute Gasteiger partial charge is 0.0102 e. The maximum absolute atomic E-state index is 2.39. The molecule has 0 bridgehead atoms. The van der Waals surface area contributed by atoms with Gasteiger partial charge in [0.1, 0.15) is 0 Å². The van der Waals surface area contributed by atoms with Crippen molar-refractivity contribution in [1.82, 2.24) is 0 Å². The Morgan fingerprint density at radius 1 is 0.559 bits per heavy atom. The lowest BCUT2D eigenvalue weighted by molar-refractivity contribution is 1.00. The first-order valence-corrected chi connectivity index (χ1v) is 12.2. The third-order valence-electron chi connectivity index (χ3n) is 6.39. The summed E-state index contributed by atoms with van der Waals surface area (Å²) in [5, 5.41) is 0. The van der Waals surface area contributed by atoms with Gasteiger partial charge >= 0.3 is 0 Å².